The molecule has 0 radical (unpaired) electrons. The molecule has 2 nitrogen and oxygen atoms in total. The molecular formula is C15H18F2N2S. The Morgan fingerprint density at radius 1 is 1.30 bits per heavy atom. The van der Waals surface area contributed by atoms with E-state index < -0.39 is 11.6 Å². The van der Waals surface area contributed by atoms with E-state index in [9.17, 15) is 8.78 Å². The van der Waals surface area contributed by atoms with Crippen molar-refractivity contribution in [1.82, 2.24) is 10.3 Å². The number of aryl methyl sites for hydroxylation is 1. The molecule has 0 saturated heterocycles. The third kappa shape index (κ3) is 3.61. The molecule has 0 aliphatic heterocycles. The monoisotopic (exact) mass is 296 g/mol. The summed E-state index contributed by atoms with van der Waals surface area (Å²) < 4.78 is 27.4. The van der Waals surface area contributed by atoms with Gasteiger partial charge in [0.05, 0.1) is 5.01 Å². The maximum Gasteiger partial charge on any atom is 0.130 e. The standard InChI is InChI=1S/C15H18F2N2S/c1-3-4-18-14(9-15-19-5-6-20-15)11-7-10(2)12(16)8-13(11)17/h5-8,14,18H,3-4,9H2,1-2H3. The highest BCUT2D eigenvalue weighted by atomic mass is 32.1. The van der Waals surface area contributed by atoms with Crippen LogP contribution in [-0.4, -0.2) is 11.5 Å². The maximum atomic E-state index is 14.0. The maximum absolute atomic E-state index is 14.0. The van der Waals surface area contributed by atoms with Crippen molar-refractivity contribution < 1.29 is 8.78 Å². The molecule has 2 aromatic rings. The van der Waals surface area contributed by atoms with Gasteiger partial charge < -0.3 is 5.32 Å². The number of aromatic nitrogens is 1. The predicted molar refractivity (Wildman–Crippen MR) is 77.9 cm³/mol. The molecule has 1 N–H and O–H groups in total. The summed E-state index contributed by atoms with van der Waals surface area (Å²) in [7, 11) is 0. The highest BCUT2D eigenvalue weighted by molar-refractivity contribution is 7.09. The molecule has 1 heterocycles. The van der Waals surface area contributed by atoms with E-state index >= 15 is 0 Å². The summed E-state index contributed by atoms with van der Waals surface area (Å²) in [5.41, 5.74) is 0.969. The number of benzene rings is 1. The summed E-state index contributed by atoms with van der Waals surface area (Å²) in [4.78, 5) is 4.24. The predicted octanol–water partition coefficient (Wildman–Crippen LogP) is 4.01. The minimum absolute atomic E-state index is 0.180. The van der Waals surface area contributed by atoms with Crippen LogP contribution in [0.2, 0.25) is 0 Å². The van der Waals surface area contributed by atoms with Gasteiger partial charge in [-0.2, -0.15) is 0 Å². The lowest BCUT2D eigenvalue weighted by molar-refractivity contribution is 0.489. The van der Waals surface area contributed by atoms with E-state index in [0.717, 1.165) is 24.0 Å². The molecule has 1 atom stereocenters. The quantitative estimate of drug-likeness (QED) is 0.871. The second-order valence-electron chi connectivity index (χ2n) is 4.76. The van der Waals surface area contributed by atoms with E-state index in [2.05, 4.69) is 17.2 Å². The zero-order valence-corrected chi connectivity index (χ0v) is 12.4. The molecule has 0 bridgehead atoms. The molecule has 20 heavy (non-hydrogen) atoms. The zero-order chi connectivity index (χ0) is 14.5. The van der Waals surface area contributed by atoms with Crippen LogP contribution in [0.25, 0.3) is 0 Å². The van der Waals surface area contributed by atoms with Crippen LogP contribution in [0.15, 0.2) is 23.7 Å². The molecule has 5 heteroatoms. The second kappa shape index (κ2) is 6.90. The van der Waals surface area contributed by atoms with Crippen LogP contribution in [0.4, 0.5) is 8.78 Å². The SMILES string of the molecule is CCCNC(Cc1nccs1)c1cc(C)c(F)cc1F. The second-order valence-corrected chi connectivity index (χ2v) is 5.74. The zero-order valence-electron chi connectivity index (χ0n) is 11.6. The minimum atomic E-state index is -0.505. The van der Waals surface area contributed by atoms with Crippen molar-refractivity contribution in [1.29, 1.82) is 0 Å². The number of rotatable bonds is 6. The number of nitrogens with one attached hydrogen (secondary N) is 1. The Hall–Kier alpha value is -1.33. The molecule has 0 aliphatic carbocycles. The van der Waals surface area contributed by atoms with Gasteiger partial charge in [-0.3, -0.25) is 0 Å². The number of halogens is 2. The van der Waals surface area contributed by atoms with Crippen LogP contribution in [-0.2, 0) is 6.42 Å². The van der Waals surface area contributed by atoms with Gasteiger partial charge in [0, 0.05) is 35.7 Å². The van der Waals surface area contributed by atoms with Crippen LogP contribution < -0.4 is 5.32 Å². The Morgan fingerprint density at radius 3 is 2.75 bits per heavy atom. The third-order valence-corrected chi connectivity index (χ3v) is 3.96. The van der Waals surface area contributed by atoms with Crippen LogP contribution >= 0.6 is 11.3 Å². The summed E-state index contributed by atoms with van der Waals surface area (Å²) in [6, 6.07) is 2.37. The van der Waals surface area contributed by atoms with Crippen molar-refractivity contribution in [2.24, 2.45) is 0 Å². The van der Waals surface area contributed by atoms with E-state index in [1.165, 1.54) is 0 Å². The fraction of sp³-hybridized carbons (Fsp3) is 0.400. The first-order chi connectivity index (χ1) is 9.61. The van der Waals surface area contributed by atoms with Gasteiger partial charge >= 0.3 is 0 Å². The lowest BCUT2D eigenvalue weighted by atomic mass is 10.0. The van der Waals surface area contributed by atoms with E-state index in [1.807, 2.05) is 5.38 Å². The summed E-state index contributed by atoms with van der Waals surface area (Å²) in [5, 5.41) is 6.16. The average molecular weight is 296 g/mol. The van der Waals surface area contributed by atoms with Crippen molar-refractivity contribution in [3.63, 3.8) is 0 Å². The topological polar surface area (TPSA) is 24.9 Å². The van der Waals surface area contributed by atoms with Gasteiger partial charge in [0.2, 0.25) is 0 Å². The Bertz CT molecular complexity index is 555. The van der Waals surface area contributed by atoms with Gasteiger partial charge in [-0.1, -0.05) is 6.92 Å². The number of nitrogens with zero attached hydrogens (tertiary/aromatic N) is 1. The Balaban J connectivity index is 2.27. The number of thiazole rings is 1. The van der Waals surface area contributed by atoms with Crippen molar-refractivity contribution >= 4 is 11.3 Å². The van der Waals surface area contributed by atoms with Crippen LogP contribution in [0, 0.1) is 18.6 Å². The van der Waals surface area contributed by atoms with E-state index in [4.69, 9.17) is 0 Å². The fourth-order valence-corrected chi connectivity index (χ4v) is 2.75. The molecule has 1 aromatic heterocycles. The first-order valence-corrected chi connectivity index (χ1v) is 7.57. The van der Waals surface area contributed by atoms with Gasteiger partial charge in [-0.25, -0.2) is 13.8 Å². The molecule has 0 fully saturated rings. The largest absolute Gasteiger partial charge is 0.309 e. The van der Waals surface area contributed by atoms with Crippen molar-refractivity contribution in [2.45, 2.75) is 32.7 Å². The molecule has 0 aliphatic rings. The average Bonchev–Trinajstić information content (AvgIpc) is 2.92. The molecule has 1 unspecified atom stereocenters. The van der Waals surface area contributed by atoms with Crippen LogP contribution in [0.5, 0.6) is 0 Å². The Kier molecular flexibility index (Phi) is 5.20. The van der Waals surface area contributed by atoms with Crippen LogP contribution in [0.1, 0.15) is 35.5 Å². The lowest BCUT2D eigenvalue weighted by Gasteiger charge is -2.19. The first-order valence-electron chi connectivity index (χ1n) is 6.69. The summed E-state index contributed by atoms with van der Waals surface area (Å²) in [6.45, 7) is 4.49. The molecule has 0 saturated carbocycles. The Morgan fingerprint density at radius 2 is 2.10 bits per heavy atom. The van der Waals surface area contributed by atoms with Crippen molar-refractivity contribution in [3.8, 4) is 0 Å². The summed E-state index contributed by atoms with van der Waals surface area (Å²) >= 11 is 1.54. The molecule has 0 spiro atoms. The lowest BCUT2D eigenvalue weighted by Crippen LogP contribution is -2.25. The Labute approximate surface area is 121 Å². The molecule has 108 valence electrons. The summed E-state index contributed by atoms with van der Waals surface area (Å²) in [6.07, 6.45) is 3.30. The van der Waals surface area contributed by atoms with Gasteiger partial charge in [0.1, 0.15) is 11.6 Å². The van der Waals surface area contributed by atoms with E-state index in [0.29, 0.717) is 17.5 Å². The normalized spacial score (nSPS) is 12.6. The van der Waals surface area contributed by atoms with E-state index in [1.54, 1.807) is 30.5 Å². The fourth-order valence-electron chi connectivity index (χ4n) is 2.09. The van der Waals surface area contributed by atoms with Crippen molar-refractivity contribution in [2.75, 3.05) is 6.54 Å². The molecule has 1 aromatic carbocycles. The molecular weight excluding hydrogens is 278 g/mol. The number of hydrogen-bond donors (Lipinski definition) is 1. The van der Waals surface area contributed by atoms with E-state index in [-0.39, 0.29) is 6.04 Å². The van der Waals surface area contributed by atoms with Gasteiger partial charge in [-0.15, -0.1) is 11.3 Å². The van der Waals surface area contributed by atoms with Crippen molar-refractivity contribution in [3.05, 3.63) is 51.5 Å². The summed E-state index contributed by atoms with van der Waals surface area (Å²) in [5.74, 6) is -1.01. The highest BCUT2D eigenvalue weighted by Gasteiger charge is 2.18. The van der Waals surface area contributed by atoms with Gasteiger partial charge in [0.15, 0.2) is 0 Å². The third-order valence-electron chi connectivity index (χ3n) is 3.16. The van der Waals surface area contributed by atoms with Gasteiger partial charge in [-0.05, 0) is 31.5 Å². The number of hydrogen-bond acceptors (Lipinski definition) is 3. The van der Waals surface area contributed by atoms with Crippen LogP contribution in [0.3, 0.4) is 0 Å². The smallest absolute Gasteiger partial charge is 0.130 e. The molecule has 0 amide bonds. The minimum Gasteiger partial charge on any atom is -0.309 e. The molecule has 2 rings (SSSR count). The van der Waals surface area contributed by atoms with Gasteiger partial charge in [0.25, 0.3) is 0 Å². The highest BCUT2D eigenvalue weighted by Crippen LogP contribution is 2.24. The first kappa shape index (κ1) is 15.1.